The molecule has 4 aliphatic rings. The van der Waals surface area contributed by atoms with E-state index in [1.165, 1.54) is 15.9 Å². The first kappa shape index (κ1) is 41.7. The number of halogens is 3. The summed E-state index contributed by atoms with van der Waals surface area (Å²) in [7, 11) is -4.51. The number of thiophene rings is 1. The first-order chi connectivity index (χ1) is 26.4. The molecule has 5 amide bonds. The number of nitrogens with one attached hydrogen (secondary N) is 3. The van der Waals surface area contributed by atoms with E-state index in [0.29, 0.717) is 43.2 Å². The number of hydrogen-bond acceptors (Lipinski definition) is 10. The number of sulfonamides is 1. The Bertz CT molecular complexity index is 2050. The third-order valence-corrected chi connectivity index (χ3v) is 13.8. The molecular weight excluding hydrogens is 812 g/mol. The zero-order valence-electron chi connectivity index (χ0n) is 31.1. The van der Waals surface area contributed by atoms with Gasteiger partial charge in [-0.1, -0.05) is 67.3 Å². The smallest absolute Gasteiger partial charge is 0.410 e. The van der Waals surface area contributed by atoms with Crippen LogP contribution in [0.1, 0.15) is 83.3 Å². The van der Waals surface area contributed by atoms with Crippen molar-refractivity contribution in [1.29, 1.82) is 0 Å². The molecule has 5 atom stereocenters. The summed E-state index contributed by atoms with van der Waals surface area (Å²) >= 11 is 12.9. The maximum absolute atomic E-state index is 14.5. The zero-order valence-corrected chi connectivity index (χ0v) is 34.2. The van der Waals surface area contributed by atoms with Gasteiger partial charge in [-0.15, -0.1) is 11.3 Å². The summed E-state index contributed by atoms with van der Waals surface area (Å²) < 4.78 is 54.4. The van der Waals surface area contributed by atoms with Crippen LogP contribution in [0.4, 0.5) is 14.0 Å². The number of allylic oxidation sites excluding steroid dienone is 1. The lowest BCUT2D eigenvalue weighted by Crippen LogP contribution is -2.58. The molecule has 1 saturated carbocycles. The average Bonchev–Trinajstić information content (AvgIpc) is 3.43. The quantitative estimate of drug-likeness (QED) is 0.290. The molecule has 0 radical (unpaired) electrons. The second kappa shape index (κ2) is 16.5. The van der Waals surface area contributed by atoms with Gasteiger partial charge in [0.1, 0.15) is 44.4 Å². The van der Waals surface area contributed by atoms with Crippen molar-refractivity contribution in [3.8, 4) is 0 Å². The van der Waals surface area contributed by atoms with E-state index in [4.69, 9.17) is 32.7 Å². The van der Waals surface area contributed by atoms with Gasteiger partial charge in [-0.25, -0.2) is 27.1 Å². The number of hydrogen-bond donors (Lipinski definition) is 3. The first-order valence-electron chi connectivity index (χ1n) is 18.5. The molecule has 4 heterocycles. The van der Waals surface area contributed by atoms with E-state index in [2.05, 4.69) is 10.6 Å². The van der Waals surface area contributed by atoms with Gasteiger partial charge >= 0.3 is 12.2 Å². The second-order valence-corrected chi connectivity index (χ2v) is 19.1. The summed E-state index contributed by atoms with van der Waals surface area (Å²) in [5, 5.41) is 5.43. The Morgan fingerprint density at radius 2 is 1.91 bits per heavy atom. The standard InChI is InChI=1S/C37H44Cl2FN5O9S2/c1-4-36(2,3)54-34(49)41-26-14-9-7-5-6-8-12-22-17-37(22,33(48)43-56(51,52)28-16-29(38)55-30(28)39)42-31(46)27-15-23(19-45(27)32(26)47)53-35(50)44-18-21-11-10-13-25(40)24(21)20-44/h8,10-13,16,22-23,26-27H,4-7,9,14-15,17-20H2,1-3H3,(H,41,49)(H,42,46)(H,43,48)/t22-,23-,26+,27+,37-/m1/s1. The molecule has 56 heavy (non-hydrogen) atoms. The molecule has 6 rings (SSSR count). The average molecular weight is 857 g/mol. The van der Waals surface area contributed by atoms with Crippen molar-refractivity contribution in [2.45, 2.75) is 119 Å². The van der Waals surface area contributed by atoms with Gasteiger partial charge in [0, 0.05) is 24.4 Å². The zero-order chi connectivity index (χ0) is 40.6. The van der Waals surface area contributed by atoms with Gasteiger partial charge in [0.25, 0.3) is 15.9 Å². The highest BCUT2D eigenvalue weighted by Crippen LogP contribution is 2.46. The predicted molar refractivity (Wildman–Crippen MR) is 205 cm³/mol. The van der Waals surface area contributed by atoms with Crippen LogP contribution in [0, 0.1) is 11.7 Å². The summed E-state index contributed by atoms with van der Waals surface area (Å²) in [4.78, 5) is 71.3. The maximum Gasteiger partial charge on any atom is 0.410 e. The molecular formula is C37H44Cl2FN5O9S2. The third kappa shape index (κ3) is 9.11. The highest BCUT2D eigenvalue weighted by molar-refractivity contribution is 7.90. The van der Waals surface area contributed by atoms with E-state index in [9.17, 15) is 36.8 Å². The summed E-state index contributed by atoms with van der Waals surface area (Å²) in [5.74, 6) is -3.47. The lowest BCUT2D eigenvalue weighted by Gasteiger charge is -2.30. The SMILES string of the molecule is CCC(C)(C)OC(=O)N[C@H]1CCCCCC=C[C@@H]2C[C@@]2(C(=O)NS(=O)(=O)c2cc(Cl)sc2Cl)NC(=O)[C@@H]2C[C@@H](OC(=O)N3Cc4cccc(F)c4C3)CN2C1=O. The Kier molecular flexibility index (Phi) is 12.3. The van der Waals surface area contributed by atoms with Crippen molar-refractivity contribution in [3.63, 3.8) is 0 Å². The minimum absolute atomic E-state index is 0.0272. The molecule has 2 fully saturated rings. The lowest BCUT2D eigenvalue weighted by molar-refractivity contribution is -0.141. The second-order valence-electron chi connectivity index (χ2n) is 15.1. The molecule has 1 aromatic carbocycles. The van der Waals surface area contributed by atoms with Crippen LogP contribution < -0.4 is 15.4 Å². The van der Waals surface area contributed by atoms with Crippen molar-refractivity contribution in [2.24, 2.45) is 5.92 Å². The Hall–Kier alpha value is -3.93. The van der Waals surface area contributed by atoms with Gasteiger partial charge in [0.05, 0.1) is 17.4 Å². The van der Waals surface area contributed by atoms with Crippen LogP contribution in [0.3, 0.4) is 0 Å². The highest BCUT2D eigenvalue weighted by atomic mass is 35.5. The number of ether oxygens (including phenoxy) is 2. The van der Waals surface area contributed by atoms with Crippen LogP contribution in [-0.2, 0) is 47.0 Å². The molecule has 304 valence electrons. The molecule has 2 aromatic rings. The Morgan fingerprint density at radius 3 is 2.61 bits per heavy atom. The van der Waals surface area contributed by atoms with Crippen molar-refractivity contribution in [1.82, 2.24) is 25.2 Å². The number of amides is 5. The van der Waals surface area contributed by atoms with Gasteiger partial charge in [-0.2, -0.15) is 0 Å². The monoisotopic (exact) mass is 855 g/mol. The molecule has 1 aromatic heterocycles. The van der Waals surface area contributed by atoms with Crippen molar-refractivity contribution >= 4 is 74.5 Å². The molecule has 0 spiro atoms. The fourth-order valence-electron chi connectivity index (χ4n) is 7.16. The molecule has 19 heteroatoms. The Morgan fingerprint density at radius 1 is 1.14 bits per heavy atom. The van der Waals surface area contributed by atoms with Gasteiger partial charge < -0.3 is 25.0 Å². The van der Waals surface area contributed by atoms with Crippen molar-refractivity contribution < 1.29 is 46.3 Å². The number of nitrogens with zero attached hydrogens (tertiary/aromatic N) is 2. The van der Waals surface area contributed by atoms with E-state index in [1.807, 2.05) is 17.7 Å². The molecule has 1 aliphatic carbocycles. The number of carbonyl (C=O) groups excluding carboxylic acids is 5. The maximum atomic E-state index is 14.5. The topological polar surface area (TPSA) is 181 Å². The number of alkyl carbamates (subject to hydrolysis) is 1. The van der Waals surface area contributed by atoms with E-state index in [-0.39, 0.29) is 47.6 Å². The summed E-state index contributed by atoms with van der Waals surface area (Å²) in [6, 6.07) is 3.26. The summed E-state index contributed by atoms with van der Waals surface area (Å²) in [5.41, 5.74) is -1.54. The fraction of sp³-hybridized carbons (Fsp3) is 0.541. The molecule has 14 nitrogen and oxygen atoms in total. The normalized spacial score (nSPS) is 25.5. The van der Waals surface area contributed by atoms with Gasteiger partial charge in [-0.05, 0) is 63.6 Å². The van der Waals surface area contributed by atoms with Crippen LogP contribution in [0.15, 0.2) is 41.3 Å². The highest BCUT2D eigenvalue weighted by Gasteiger charge is 2.62. The van der Waals surface area contributed by atoms with Crippen LogP contribution >= 0.6 is 34.5 Å². The number of carbonyl (C=O) groups is 5. The molecule has 0 unspecified atom stereocenters. The minimum Gasteiger partial charge on any atom is -0.444 e. The molecule has 1 saturated heterocycles. The third-order valence-electron chi connectivity index (χ3n) is 10.8. The van der Waals surface area contributed by atoms with Crippen molar-refractivity contribution in [3.05, 3.63) is 62.0 Å². The van der Waals surface area contributed by atoms with E-state index in [1.54, 1.807) is 32.1 Å². The van der Waals surface area contributed by atoms with E-state index >= 15 is 0 Å². The fourth-order valence-corrected chi connectivity index (χ4v) is 10.4. The van der Waals surface area contributed by atoms with Gasteiger partial charge in [0.2, 0.25) is 11.8 Å². The van der Waals surface area contributed by atoms with Gasteiger partial charge in [-0.3, -0.25) is 19.3 Å². The Balaban J connectivity index is 1.27. The Labute approximate surface area is 338 Å². The number of fused-ring (bicyclic) bond motifs is 3. The molecule has 3 aliphatic heterocycles. The number of benzene rings is 1. The van der Waals surface area contributed by atoms with Gasteiger partial charge in [0.15, 0.2) is 0 Å². The summed E-state index contributed by atoms with van der Waals surface area (Å²) in [6.45, 7) is 5.16. The predicted octanol–water partition coefficient (Wildman–Crippen LogP) is 5.80. The largest absolute Gasteiger partial charge is 0.444 e. The van der Waals surface area contributed by atoms with Crippen LogP contribution in [0.25, 0.3) is 0 Å². The molecule has 0 bridgehead atoms. The molecule has 3 N–H and O–H groups in total. The van der Waals surface area contributed by atoms with Crippen LogP contribution in [0.2, 0.25) is 8.67 Å². The van der Waals surface area contributed by atoms with Crippen LogP contribution in [0.5, 0.6) is 0 Å². The minimum atomic E-state index is -4.51. The number of rotatable bonds is 7. The lowest BCUT2D eigenvalue weighted by atomic mass is 10.0. The van der Waals surface area contributed by atoms with E-state index < -0.39 is 85.9 Å². The van der Waals surface area contributed by atoms with Crippen molar-refractivity contribution in [2.75, 3.05) is 6.54 Å². The summed E-state index contributed by atoms with van der Waals surface area (Å²) in [6.07, 6.45) is 4.17. The van der Waals surface area contributed by atoms with E-state index in [0.717, 1.165) is 17.4 Å². The first-order valence-corrected chi connectivity index (χ1v) is 21.5. The van der Waals surface area contributed by atoms with Crippen LogP contribution in [-0.4, -0.2) is 84.0 Å².